The number of aliphatic hydroxyl groups is 1. The molecule has 106 valence electrons. The van der Waals surface area contributed by atoms with Gasteiger partial charge in [0.15, 0.2) is 0 Å². The molecule has 0 amide bonds. The Morgan fingerprint density at radius 2 is 1.80 bits per heavy atom. The zero-order valence-corrected chi connectivity index (χ0v) is 11.7. The molecule has 0 aromatic heterocycles. The van der Waals surface area contributed by atoms with E-state index in [1.807, 2.05) is 13.0 Å². The van der Waals surface area contributed by atoms with Gasteiger partial charge in [0.1, 0.15) is 23.4 Å². The predicted molar refractivity (Wildman–Crippen MR) is 74.7 cm³/mol. The molecule has 1 N–H and O–H groups in total. The van der Waals surface area contributed by atoms with Crippen molar-refractivity contribution in [1.29, 1.82) is 0 Å². The van der Waals surface area contributed by atoms with Gasteiger partial charge in [-0.05, 0) is 36.2 Å². The lowest BCUT2D eigenvalue weighted by molar-refractivity contribution is 0.214. The van der Waals surface area contributed by atoms with E-state index in [0.29, 0.717) is 17.1 Å². The fourth-order valence-corrected chi connectivity index (χ4v) is 2.04. The largest absolute Gasteiger partial charge is 0.497 e. The van der Waals surface area contributed by atoms with Crippen LogP contribution in [0.4, 0.5) is 4.39 Å². The maximum atomic E-state index is 14.0. The number of aliphatic hydroxyl groups excluding tert-OH is 1. The van der Waals surface area contributed by atoms with Crippen LogP contribution < -0.4 is 9.47 Å². The van der Waals surface area contributed by atoms with Crippen LogP contribution in [-0.2, 0) is 0 Å². The fourth-order valence-electron chi connectivity index (χ4n) is 2.04. The van der Waals surface area contributed by atoms with Crippen LogP contribution in [0.5, 0.6) is 11.5 Å². The minimum atomic E-state index is -1.05. The molecular formula is C16H17FO3. The number of hydrogen-bond acceptors (Lipinski definition) is 3. The van der Waals surface area contributed by atoms with E-state index in [4.69, 9.17) is 9.47 Å². The molecule has 2 aromatic rings. The summed E-state index contributed by atoms with van der Waals surface area (Å²) in [4.78, 5) is 0. The van der Waals surface area contributed by atoms with E-state index >= 15 is 0 Å². The minimum absolute atomic E-state index is 0.205. The van der Waals surface area contributed by atoms with Crippen molar-refractivity contribution in [2.45, 2.75) is 13.0 Å². The summed E-state index contributed by atoms with van der Waals surface area (Å²) in [5, 5.41) is 10.3. The highest BCUT2D eigenvalue weighted by molar-refractivity contribution is 5.41. The standard InChI is InChI=1S/C16H17FO3/c1-10-4-5-11(8-15(10)20-3)16(18)13-7-6-12(19-2)9-14(13)17/h4-9,16,18H,1-3H3. The molecule has 2 aromatic carbocycles. The van der Waals surface area contributed by atoms with Crippen molar-refractivity contribution in [2.75, 3.05) is 14.2 Å². The van der Waals surface area contributed by atoms with Gasteiger partial charge in [-0.2, -0.15) is 0 Å². The number of benzene rings is 2. The highest BCUT2D eigenvalue weighted by Crippen LogP contribution is 2.30. The van der Waals surface area contributed by atoms with Gasteiger partial charge in [-0.3, -0.25) is 0 Å². The first-order chi connectivity index (χ1) is 9.56. The summed E-state index contributed by atoms with van der Waals surface area (Å²) in [6.45, 7) is 1.91. The van der Waals surface area contributed by atoms with Gasteiger partial charge in [-0.15, -0.1) is 0 Å². The zero-order chi connectivity index (χ0) is 14.7. The van der Waals surface area contributed by atoms with Gasteiger partial charge in [0.2, 0.25) is 0 Å². The average Bonchev–Trinajstić information content (AvgIpc) is 2.47. The summed E-state index contributed by atoms with van der Waals surface area (Å²) in [6, 6.07) is 9.69. The third kappa shape index (κ3) is 2.75. The Labute approximate surface area is 117 Å². The molecule has 0 aliphatic carbocycles. The molecule has 0 heterocycles. The first-order valence-electron chi connectivity index (χ1n) is 6.23. The minimum Gasteiger partial charge on any atom is -0.497 e. The van der Waals surface area contributed by atoms with Crippen LogP contribution in [0.25, 0.3) is 0 Å². The van der Waals surface area contributed by atoms with Gasteiger partial charge >= 0.3 is 0 Å². The molecule has 0 aliphatic rings. The molecule has 20 heavy (non-hydrogen) atoms. The number of methoxy groups -OCH3 is 2. The smallest absolute Gasteiger partial charge is 0.133 e. The van der Waals surface area contributed by atoms with Crippen LogP contribution in [0, 0.1) is 12.7 Å². The molecule has 0 saturated carbocycles. The first-order valence-corrected chi connectivity index (χ1v) is 6.23. The molecule has 0 radical (unpaired) electrons. The number of halogens is 1. The van der Waals surface area contributed by atoms with Crippen LogP contribution in [0.3, 0.4) is 0 Å². The molecule has 0 bridgehead atoms. The van der Waals surface area contributed by atoms with Crippen LogP contribution in [-0.4, -0.2) is 19.3 Å². The Morgan fingerprint density at radius 1 is 1.05 bits per heavy atom. The summed E-state index contributed by atoms with van der Waals surface area (Å²) >= 11 is 0. The third-order valence-electron chi connectivity index (χ3n) is 3.25. The quantitative estimate of drug-likeness (QED) is 0.931. The summed E-state index contributed by atoms with van der Waals surface area (Å²) < 4.78 is 24.1. The molecule has 4 heteroatoms. The van der Waals surface area contributed by atoms with E-state index in [9.17, 15) is 9.50 Å². The van der Waals surface area contributed by atoms with E-state index in [1.54, 1.807) is 25.3 Å². The predicted octanol–water partition coefficient (Wildman–Crippen LogP) is 3.23. The van der Waals surface area contributed by atoms with Gasteiger partial charge in [-0.25, -0.2) is 4.39 Å². The first kappa shape index (κ1) is 14.3. The topological polar surface area (TPSA) is 38.7 Å². The summed E-state index contributed by atoms with van der Waals surface area (Å²) in [6.07, 6.45) is -1.05. The number of rotatable bonds is 4. The second-order valence-corrected chi connectivity index (χ2v) is 4.52. The molecule has 0 spiro atoms. The van der Waals surface area contributed by atoms with Crippen molar-refractivity contribution < 1.29 is 19.0 Å². The van der Waals surface area contributed by atoms with Crippen LogP contribution in [0.1, 0.15) is 22.8 Å². The Kier molecular flexibility index (Phi) is 4.25. The lowest BCUT2D eigenvalue weighted by atomic mass is 9.99. The highest BCUT2D eigenvalue weighted by Gasteiger charge is 2.16. The highest BCUT2D eigenvalue weighted by atomic mass is 19.1. The number of ether oxygens (including phenoxy) is 2. The molecule has 3 nitrogen and oxygen atoms in total. The van der Waals surface area contributed by atoms with Gasteiger partial charge < -0.3 is 14.6 Å². The molecule has 0 aliphatic heterocycles. The van der Waals surface area contributed by atoms with E-state index < -0.39 is 11.9 Å². The Balaban J connectivity index is 2.38. The fraction of sp³-hybridized carbons (Fsp3) is 0.250. The Bertz CT molecular complexity index is 611. The van der Waals surface area contributed by atoms with Crippen LogP contribution >= 0.6 is 0 Å². The zero-order valence-electron chi connectivity index (χ0n) is 11.7. The Morgan fingerprint density at radius 3 is 2.40 bits per heavy atom. The van der Waals surface area contributed by atoms with Crippen LogP contribution in [0.2, 0.25) is 0 Å². The second kappa shape index (κ2) is 5.92. The normalized spacial score (nSPS) is 12.1. The maximum Gasteiger partial charge on any atom is 0.133 e. The third-order valence-corrected chi connectivity index (χ3v) is 3.25. The summed E-state index contributed by atoms with van der Waals surface area (Å²) in [5.74, 6) is 0.576. The van der Waals surface area contributed by atoms with Gasteiger partial charge in [0.25, 0.3) is 0 Å². The lowest BCUT2D eigenvalue weighted by Crippen LogP contribution is -2.03. The monoisotopic (exact) mass is 276 g/mol. The van der Waals surface area contributed by atoms with Crippen molar-refractivity contribution in [3.8, 4) is 11.5 Å². The van der Waals surface area contributed by atoms with Crippen molar-refractivity contribution in [2.24, 2.45) is 0 Å². The van der Waals surface area contributed by atoms with Crippen molar-refractivity contribution in [1.82, 2.24) is 0 Å². The molecule has 0 fully saturated rings. The van der Waals surface area contributed by atoms with Crippen LogP contribution in [0.15, 0.2) is 36.4 Å². The van der Waals surface area contributed by atoms with E-state index in [0.717, 1.165) is 5.56 Å². The SMILES string of the molecule is COc1ccc(C(O)c2ccc(C)c(OC)c2)c(F)c1. The van der Waals surface area contributed by atoms with Crippen molar-refractivity contribution >= 4 is 0 Å². The maximum absolute atomic E-state index is 14.0. The number of hydrogen-bond donors (Lipinski definition) is 1. The molecule has 2 rings (SSSR count). The van der Waals surface area contributed by atoms with Gasteiger partial charge in [0, 0.05) is 11.6 Å². The molecule has 1 atom stereocenters. The molecule has 0 saturated heterocycles. The van der Waals surface area contributed by atoms with Gasteiger partial charge in [-0.1, -0.05) is 12.1 Å². The molecule has 1 unspecified atom stereocenters. The summed E-state index contributed by atoms with van der Waals surface area (Å²) in [7, 11) is 3.03. The average molecular weight is 276 g/mol. The van der Waals surface area contributed by atoms with Gasteiger partial charge in [0.05, 0.1) is 14.2 Å². The van der Waals surface area contributed by atoms with E-state index in [2.05, 4.69) is 0 Å². The molecular weight excluding hydrogens is 259 g/mol. The van der Waals surface area contributed by atoms with Crippen molar-refractivity contribution in [3.05, 3.63) is 58.9 Å². The Hall–Kier alpha value is -2.07. The summed E-state index contributed by atoms with van der Waals surface area (Å²) in [5.41, 5.74) is 1.74. The number of aryl methyl sites for hydroxylation is 1. The van der Waals surface area contributed by atoms with E-state index in [1.165, 1.54) is 19.2 Å². The second-order valence-electron chi connectivity index (χ2n) is 4.52. The van der Waals surface area contributed by atoms with Crippen molar-refractivity contribution in [3.63, 3.8) is 0 Å². The van der Waals surface area contributed by atoms with E-state index in [-0.39, 0.29) is 5.56 Å². The lowest BCUT2D eigenvalue weighted by Gasteiger charge is -2.15.